The lowest BCUT2D eigenvalue weighted by Gasteiger charge is -2.23. The predicted octanol–water partition coefficient (Wildman–Crippen LogP) is 0.777. The van der Waals surface area contributed by atoms with Crippen LogP contribution in [0.25, 0.3) is 0 Å². The zero-order chi connectivity index (χ0) is 19.4. The monoisotopic (exact) mass is 392 g/mol. The first-order valence-corrected chi connectivity index (χ1v) is 10.6. The number of nitrogens with one attached hydrogen (secondary N) is 1. The van der Waals surface area contributed by atoms with Crippen molar-refractivity contribution in [2.24, 2.45) is 0 Å². The number of hydrogen-bond acceptors (Lipinski definition) is 6. The second-order valence-corrected chi connectivity index (χ2v) is 8.82. The Balaban J connectivity index is 1.61. The molecule has 2 saturated heterocycles. The third kappa shape index (κ3) is 4.47. The number of hydrogen-bond donors (Lipinski definition) is 1. The molecule has 0 saturated carbocycles. The molecule has 3 rings (SSSR count). The van der Waals surface area contributed by atoms with E-state index in [-0.39, 0.29) is 19.1 Å². The lowest BCUT2D eigenvalue weighted by Crippen LogP contribution is -2.40. The van der Waals surface area contributed by atoms with Crippen LogP contribution in [0.1, 0.15) is 36.4 Å². The number of carbonyl (C=O) groups excluding carboxylic acids is 1. The Morgan fingerprint density at radius 1 is 1.33 bits per heavy atom. The summed E-state index contributed by atoms with van der Waals surface area (Å²) >= 11 is 0. The molecule has 0 aromatic heterocycles. The fourth-order valence-electron chi connectivity index (χ4n) is 3.57. The number of carbonyl (C=O) groups is 1. The van der Waals surface area contributed by atoms with Crippen LogP contribution in [0.5, 0.6) is 0 Å². The molecular formula is C18H24N4O4S. The number of rotatable bonds is 7. The molecular weight excluding hydrogens is 368 g/mol. The molecule has 0 bridgehead atoms. The molecule has 27 heavy (non-hydrogen) atoms. The Kier molecular flexibility index (Phi) is 6.11. The van der Waals surface area contributed by atoms with E-state index in [1.165, 1.54) is 0 Å². The first-order valence-electron chi connectivity index (χ1n) is 9.04. The van der Waals surface area contributed by atoms with Crippen molar-refractivity contribution in [3.05, 3.63) is 35.4 Å². The highest BCUT2D eigenvalue weighted by Gasteiger charge is 2.43. The number of likely N-dealkylation sites (tertiary alicyclic amines) is 1. The molecule has 1 aromatic carbocycles. The largest absolute Gasteiger partial charge is 0.343 e. The molecule has 0 spiro atoms. The van der Waals surface area contributed by atoms with Crippen molar-refractivity contribution in [2.75, 3.05) is 33.3 Å². The van der Waals surface area contributed by atoms with Crippen LogP contribution in [-0.4, -0.2) is 62.8 Å². The second kappa shape index (κ2) is 8.35. The minimum atomic E-state index is -3.60. The van der Waals surface area contributed by atoms with E-state index in [0.29, 0.717) is 24.9 Å². The van der Waals surface area contributed by atoms with Gasteiger partial charge in [-0.15, -0.1) is 0 Å². The van der Waals surface area contributed by atoms with Gasteiger partial charge in [0.15, 0.2) is 0 Å². The summed E-state index contributed by atoms with van der Waals surface area (Å²) in [5.41, 5.74) is 1.31. The number of amides is 1. The maximum absolute atomic E-state index is 12.8. The molecule has 1 aromatic rings. The van der Waals surface area contributed by atoms with Crippen molar-refractivity contribution in [3.63, 3.8) is 0 Å². The smallest absolute Gasteiger partial charge is 0.222 e. The molecule has 0 radical (unpaired) electrons. The van der Waals surface area contributed by atoms with Crippen LogP contribution in [0.3, 0.4) is 0 Å². The molecule has 2 atom stereocenters. The van der Waals surface area contributed by atoms with Gasteiger partial charge in [-0.2, -0.15) is 10.3 Å². The molecule has 1 N–H and O–H groups in total. The number of benzene rings is 1. The van der Waals surface area contributed by atoms with Gasteiger partial charge in [0.2, 0.25) is 15.9 Å². The number of hydroxylamine groups is 2. The molecule has 8 nitrogen and oxygen atoms in total. The van der Waals surface area contributed by atoms with E-state index in [1.807, 2.05) is 0 Å². The minimum absolute atomic E-state index is 0.0705. The Hall–Kier alpha value is -1.99. The summed E-state index contributed by atoms with van der Waals surface area (Å²) in [6.45, 7) is 1.68. The highest BCUT2D eigenvalue weighted by atomic mass is 32.2. The van der Waals surface area contributed by atoms with Crippen LogP contribution in [0, 0.1) is 11.3 Å². The third-order valence-electron chi connectivity index (χ3n) is 5.05. The van der Waals surface area contributed by atoms with E-state index in [9.17, 15) is 13.2 Å². The average Bonchev–Trinajstić information content (AvgIpc) is 3.25. The molecule has 2 heterocycles. The van der Waals surface area contributed by atoms with Gasteiger partial charge < -0.3 is 4.90 Å². The molecule has 9 heteroatoms. The molecule has 2 fully saturated rings. The van der Waals surface area contributed by atoms with Crippen LogP contribution in [0.4, 0.5) is 0 Å². The van der Waals surface area contributed by atoms with E-state index in [4.69, 9.17) is 10.1 Å². The lowest BCUT2D eigenvalue weighted by molar-refractivity contribution is -0.127. The number of nitrogens with zero attached hydrogens (tertiary/aromatic N) is 3. The van der Waals surface area contributed by atoms with Gasteiger partial charge in [0.25, 0.3) is 0 Å². The van der Waals surface area contributed by atoms with E-state index in [2.05, 4.69) is 10.8 Å². The van der Waals surface area contributed by atoms with Crippen molar-refractivity contribution in [1.82, 2.24) is 14.7 Å². The Labute approximate surface area is 159 Å². The van der Waals surface area contributed by atoms with E-state index < -0.39 is 21.3 Å². The van der Waals surface area contributed by atoms with Crippen LogP contribution < -0.4 is 4.72 Å². The molecule has 1 amide bonds. The van der Waals surface area contributed by atoms with Crippen molar-refractivity contribution in [3.8, 4) is 6.07 Å². The van der Waals surface area contributed by atoms with Gasteiger partial charge >= 0.3 is 0 Å². The number of nitriles is 1. The molecule has 2 aliphatic heterocycles. The van der Waals surface area contributed by atoms with Gasteiger partial charge in [0.05, 0.1) is 24.3 Å². The summed E-state index contributed by atoms with van der Waals surface area (Å²) in [6, 6.07) is 8.47. The van der Waals surface area contributed by atoms with Gasteiger partial charge in [-0.1, -0.05) is 12.1 Å². The highest BCUT2D eigenvalue weighted by Crippen LogP contribution is 2.33. The fourth-order valence-corrected chi connectivity index (χ4v) is 5.12. The van der Waals surface area contributed by atoms with Crippen molar-refractivity contribution < 1.29 is 18.0 Å². The second-order valence-electron chi connectivity index (χ2n) is 6.84. The summed E-state index contributed by atoms with van der Waals surface area (Å²) in [4.78, 5) is 18.9. The third-order valence-corrected chi connectivity index (χ3v) is 6.84. The molecule has 0 aliphatic carbocycles. The van der Waals surface area contributed by atoms with Crippen molar-refractivity contribution >= 4 is 15.9 Å². The Bertz CT molecular complexity index is 819. The van der Waals surface area contributed by atoms with Crippen LogP contribution in [0.2, 0.25) is 0 Å². The van der Waals surface area contributed by atoms with Crippen LogP contribution in [0.15, 0.2) is 24.3 Å². The SMILES string of the molecule is CN1OCC(S(=O)(=O)NCCCN2CCCC2=O)C1c1ccc(C#N)cc1. The van der Waals surface area contributed by atoms with Crippen molar-refractivity contribution in [1.29, 1.82) is 5.26 Å². The van der Waals surface area contributed by atoms with Crippen LogP contribution >= 0.6 is 0 Å². The van der Waals surface area contributed by atoms with E-state index in [1.54, 1.807) is 41.3 Å². The Morgan fingerprint density at radius 3 is 2.70 bits per heavy atom. The standard InChI is InChI=1S/C18H24N4O4S/c1-21-18(15-7-5-14(12-19)6-8-15)16(13-26-21)27(24,25)20-9-3-11-22-10-2-4-17(22)23/h5-8,16,18,20H,2-4,9-11,13H2,1H3. The normalized spacial score (nSPS) is 23.7. The van der Waals surface area contributed by atoms with Gasteiger partial charge in [-0.05, 0) is 30.5 Å². The van der Waals surface area contributed by atoms with E-state index >= 15 is 0 Å². The maximum Gasteiger partial charge on any atom is 0.222 e. The quantitative estimate of drug-likeness (QED) is 0.688. The summed E-state index contributed by atoms with van der Waals surface area (Å²) in [7, 11) is -1.89. The zero-order valence-electron chi connectivity index (χ0n) is 15.3. The highest BCUT2D eigenvalue weighted by molar-refractivity contribution is 7.90. The fraction of sp³-hybridized carbons (Fsp3) is 0.556. The summed E-state index contributed by atoms with van der Waals surface area (Å²) in [5, 5.41) is 9.73. The first kappa shape index (κ1) is 19.8. The predicted molar refractivity (Wildman–Crippen MR) is 98.8 cm³/mol. The Morgan fingerprint density at radius 2 is 2.07 bits per heavy atom. The molecule has 2 unspecified atom stereocenters. The average molecular weight is 392 g/mol. The minimum Gasteiger partial charge on any atom is -0.343 e. The van der Waals surface area contributed by atoms with Gasteiger partial charge in [-0.25, -0.2) is 13.1 Å². The molecule has 146 valence electrons. The molecule has 2 aliphatic rings. The summed E-state index contributed by atoms with van der Waals surface area (Å²) < 4.78 is 28.2. The topological polar surface area (TPSA) is 103 Å². The van der Waals surface area contributed by atoms with Gasteiger partial charge in [0, 0.05) is 33.1 Å². The van der Waals surface area contributed by atoms with Gasteiger partial charge in [-0.3, -0.25) is 9.63 Å². The zero-order valence-corrected chi connectivity index (χ0v) is 16.1. The van der Waals surface area contributed by atoms with Crippen LogP contribution in [-0.2, 0) is 19.7 Å². The first-order chi connectivity index (χ1) is 12.9. The lowest BCUT2D eigenvalue weighted by atomic mass is 10.0. The van der Waals surface area contributed by atoms with E-state index in [0.717, 1.165) is 18.5 Å². The summed E-state index contributed by atoms with van der Waals surface area (Å²) in [6.07, 6.45) is 2.04. The summed E-state index contributed by atoms with van der Waals surface area (Å²) in [5.74, 6) is 0.143. The van der Waals surface area contributed by atoms with Gasteiger partial charge in [0.1, 0.15) is 5.25 Å². The number of sulfonamides is 1. The van der Waals surface area contributed by atoms with Crippen molar-refractivity contribution in [2.45, 2.75) is 30.6 Å². The maximum atomic E-state index is 12.8.